The number of nitrogens with one attached hydrogen (secondary N) is 1. The molecule has 10 nitrogen and oxygen atoms in total. The molecule has 1 N–H and O–H groups in total. The lowest BCUT2D eigenvalue weighted by Crippen LogP contribution is -2.33. The highest BCUT2D eigenvalue weighted by atomic mass is 32.1. The molecule has 2 aromatic heterocycles. The molecule has 2 amide bonds. The summed E-state index contributed by atoms with van der Waals surface area (Å²) in [6.45, 7) is 6.02. The van der Waals surface area contributed by atoms with Gasteiger partial charge in [-0.05, 0) is 24.0 Å². The highest BCUT2D eigenvalue weighted by Crippen LogP contribution is 2.37. The molecule has 36 heavy (non-hydrogen) atoms. The molecule has 0 aliphatic carbocycles. The van der Waals surface area contributed by atoms with Gasteiger partial charge in [0.25, 0.3) is 17.0 Å². The molecule has 2 aliphatic heterocycles. The SMILES string of the molecule is CN1CC(C)(C)Cc2nc(Oc3cc(O[C@H]4CCOC4)cc(C(=O)Nc4ccn(C)n4)c3)sc2C1=O. The van der Waals surface area contributed by atoms with Crippen LogP contribution in [0.4, 0.5) is 5.82 Å². The van der Waals surface area contributed by atoms with Gasteiger partial charge in [-0.1, -0.05) is 25.2 Å². The normalized spacial score (nSPS) is 19.1. The summed E-state index contributed by atoms with van der Waals surface area (Å²) < 4.78 is 19.2. The van der Waals surface area contributed by atoms with Crippen LogP contribution in [-0.2, 0) is 18.2 Å². The monoisotopic (exact) mass is 511 g/mol. The van der Waals surface area contributed by atoms with Crippen LogP contribution in [0.2, 0.25) is 0 Å². The van der Waals surface area contributed by atoms with Crippen molar-refractivity contribution >= 4 is 29.0 Å². The Bertz CT molecular complexity index is 1290. The number of hydrogen-bond donors (Lipinski definition) is 1. The topological polar surface area (TPSA) is 108 Å². The first-order chi connectivity index (χ1) is 17.1. The van der Waals surface area contributed by atoms with Crippen LogP contribution in [0, 0.1) is 5.41 Å². The third-order valence-electron chi connectivity index (χ3n) is 6.02. The van der Waals surface area contributed by atoms with Crippen molar-refractivity contribution in [2.45, 2.75) is 32.8 Å². The predicted octanol–water partition coefficient (Wildman–Crippen LogP) is 3.74. The van der Waals surface area contributed by atoms with E-state index in [-0.39, 0.29) is 23.3 Å². The lowest BCUT2D eigenvalue weighted by Gasteiger charge is -2.26. The van der Waals surface area contributed by atoms with Gasteiger partial charge in [0.2, 0.25) is 0 Å². The van der Waals surface area contributed by atoms with E-state index < -0.39 is 0 Å². The van der Waals surface area contributed by atoms with E-state index in [1.54, 1.807) is 54.1 Å². The van der Waals surface area contributed by atoms with E-state index in [0.717, 1.165) is 12.1 Å². The Morgan fingerprint density at radius 2 is 2.06 bits per heavy atom. The first kappa shape index (κ1) is 24.3. The van der Waals surface area contributed by atoms with Crippen molar-refractivity contribution in [2.24, 2.45) is 12.5 Å². The van der Waals surface area contributed by atoms with Gasteiger partial charge in [0.05, 0.1) is 18.9 Å². The van der Waals surface area contributed by atoms with Crippen LogP contribution in [0.3, 0.4) is 0 Å². The van der Waals surface area contributed by atoms with Crippen molar-refractivity contribution in [1.82, 2.24) is 19.7 Å². The summed E-state index contributed by atoms with van der Waals surface area (Å²) >= 11 is 1.22. The summed E-state index contributed by atoms with van der Waals surface area (Å²) in [6.07, 6.45) is 3.08. The lowest BCUT2D eigenvalue weighted by atomic mass is 9.88. The zero-order valence-corrected chi connectivity index (χ0v) is 21.6. The molecule has 1 fully saturated rings. The van der Waals surface area contributed by atoms with E-state index in [1.165, 1.54) is 11.3 Å². The van der Waals surface area contributed by atoms with Gasteiger partial charge < -0.3 is 24.4 Å². The maximum atomic E-state index is 13.0. The molecule has 1 aromatic carbocycles. The second-order valence-corrected chi connectivity index (χ2v) is 10.9. The first-order valence-corrected chi connectivity index (χ1v) is 12.6. The number of ether oxygens (including phenoxy) is 3. The van der Waals surface area contributed by atoms with Gasteiger partial charge >= 0.3 is 0 Å². The Labute approximate surface area is 213 Å². The number of fused-ring (bicyclic) bond motifs is 1. The molecule has 4 heterocycles. The molecule has 3 aromatic rings. The average molecular weight is 512 g/mol. The Morgan fingerprint density at radius 1 is 1.25 bits per heavy atom. The number of carbonyl (C=O) groups excluding carboxylic acids is 2. The Balaban J connectivity index is 1.43. The summed E-state index contributed by atoms with van der Waals surface area (Å²) in [7, 11) is 3.58. The van der Waals surface area contributed by atoms with E-state index in [4.69, 9.17) is 14.2 Å². The van der Waals surface area contributed by atoms with Gasteiger partial charge in [-0.25, -0.2) is 4.98 Å². The van der Waals surface area contributed by atoms with Crippen LogP contribution >= 0.6 is 11.3 Å². The fourth-order valence-corrected chi connectivity index (χ4v) is 5.40. The molecule has 0 saturated carbocycles. The van der Waals surface area contributed by atoms with Crippen molar-refractivity contribution in [2.75, 3.05) is 32.1 Å². The molecule has 0 spiro atoms. The highest BCUT2D eigenvalue weighted by molar-refractivity contribution is 7.15. The Morgan fingerprint density at radius 3 is 2.78 bits per heavy atom. The third kappa shape index (κ3) is 5.36. The molecular formula is C25H29N5O5S. The number of rotatable bonds is 6. The van der Waals surface area contributed by atoms with Gasteiger partial charge in [-0.3, -0.25) is 14.3 Å². The number of anilines is 1. The quantitative estimate of drug-likeness (QED) is 0.537. The zero-order chi connectivity index (χ0) is 25.4. The molecule has 1 atom stereocenters. The summed E-state index contributed by atoms with van der Waals surface area (Å²) in [5.74, 6) is 0.914. The van der Waals surface area contributed by atoms with E-state index in [2.05, 4.69) is 29.2 Å². The molecule has 11 heteroatoms. The third-order valence-corrected chi connectivity index (χ3v) is 6.99. The molecule has 0 bridgehead atoms. The minimum Gasteiger partial charge on any atom is -0.488 e. The second kappa shape index (κ2) is 9.55. The molecule has 1 saturated heterocycles. The second-order valence-electron chi connectivity index (χ2n) is 9.99. The maximum absolute atomic E-state index is 13.0. The van der Waals surface area contributed by atoms with Crippen molar-refractivity contribution in [3.63, 3.8) is 0 Å². The molecule has 0 radical (unpaired) electrons. The molecule has 5 rings (SSSR count). The standard InChI is InChI=1S/C25H29N5O5S/c1-25(2)12-19-21(23(32)29(3)14-25)36-24(26-19)35-18-10-15(22(31)27-20-5-7-30(4)28-20)9-17(11-18)34-16-6-8-33-13-16/h5,7,9-11,16H,6,8,12-14H2,1-4H3,(H,27,28,31)/t16-/m0/s1. The average Bonchev–Trinajstić information content (AvgIpc) is 3.53. The fourth-order valence-electron chi connectivity index (χ4n) is 4.46. The summed E-state index contributed by atoms with van der Waals surface area (Å²) in [6, 6.07) is 6.73. The lowest BCUT2D eigenvalue weighted by molar-refractivity contribution is 0.0757. The number of benzene rings is 1. The molecular weight excluding hydrogens is 482 g/mol. The molecule has 0 unspecified atom stereocenters. The van der Waals surface area contributed by atoms with E-state index in [9.17, 15) is 9.59 Å². The number of amides is 2. The van der Waals surface area contributed by atoms with Crippen LogP contribution in [0.15, 0.2) is 30.5 Å². The van der Waals surface area contributed by atoms with Gasteiger partial charge in [-0.15, -0.1) is 0 Å². The van der Waals surface area contributed by atoms with Crippen molar-refractivity contribution in [3.8, 4) is 16.7 Å². The smallest absolute Gasteiger partial charge is 0.279 e. The molecule has 190 valence electrons. The van der Waals surface area contributed by atoms with Gasteiger partial charge in [0.1, 0.15) is 22.5 Å². The van der Waals surface area contributed by atoms with Crippen molar-refractivity contribution in [3.05, 3.63) is 46.6 Å². The van der Waals surface area contributed by atoms with Gasteiger partial charge in [-0.2, -0.15) is 5.10 Å². The minimum absolute atomic E-state index is 0.0586. The Hall–Kier alpha value is -3.44. The predicted molar refractivity (Wildman–Crippen MR) is 134 cm³/mol. The van der Waals surface area contributed by atoms with Crippen molar-refractivity contribution in [1.29, 1.82) is 0 Å². The number of aromatic nitrogens is 3. The number of carbonyl (C=O) groups is 2. The van der Waals surface area contributed by atoms with Gasteiger partial charge in [0, 0.05) is 51.0 Å². The summed E-state index contributed by atoms with van der Waals surface area (Å²) in [5, 5.41) is 7.33. The summed E-state index contributed by atoms with van der Waals surface area (Å²) in [5.41, 5.74) is 0.981. The van der Waals surface area contributed by atoms with Crippen LogP contribution in [0.25, 0.3) is 0 Å². The number of hydrogen-bond acceptors (Lipinski definition) is 8. The molecule has 2 aliphatic rings. The zero-order valence-electron chi connectivity index (χ0n) is 20.7. The maximum Gasteiger partial charge on any atom is 0.279 e. The number of aryl methyl sites for hydroxylation is 1. The fraction of sp³-hybridized carbons (Fsp3) is 0.440. The number of thiazole rings is 1. The van der Waals surface area contributed by atoms with Crippen LogP contribution < -0.4 is 14.8 Å². The first-order valence-electron chi connectivity index (χ1n) is 11.8. The van der Waals surface area contributed by atoms with Crippen LogP contribution in [-0.4, -0.2) is 64.4 Å². The van der Waals surface area contributed by atoms with Crippen LogP contribution in [0.5, 0.6) is 16.7 Å². The van der Waals surface area contributed by atoms with E-state index in [0.29, 0.717) is 59.1 Å². The van der Waals surface area contributed by atoms with Crippen molar-refractivity contribution < 1.29 is 23.8 Å². The largest absolute Gasteiger partial charge is 0.488 e. The van der Waals surface area contributed by atoms with Gasteiger partial charge in [0.15, 0.2) is 5.82 Å². The van der Waals surface area contributed by atoms with E-state index >= 15 is 0 Å². The minimum atomic E-state index is -0.347. The van der Waals surface area contributed by atoms with E-state index in [1.807, 2.05) is 0 Å². The summed E-state index contributed by atoms with van der Waals surface area (Å²) in [4.78, 5) is 32.9. The number of nitrogens with zero attached hydrogens (tertiary/aromatic N) is 4. The highest BCUT2D eigenvalue weighted by Gasteiger charge is 2.34. The Kier molecular flexibility index (Phi) is 6.44. The van der Waals surface area contributed by atoms with Crippen LogP contribution in [0.1, 0.15) is 46.0 Å².